The van der Waals surface area contributed by atoms with E-state index in [-0.39, 0.29) is 5.91 Å². The molecule has 0 unspecified atom stereocenters. The molecular formula is C19H21N3O3S. The number of nitrogens with zero attached hydrogens (tertiary/aromatic N) is 2. The van der Waals surface area contributed by atoms with E-state index in [0.717, 1.165) is 44.0 Å². The Morgan fingerprint density at radius 3 is 2.92 bits per heavy atom. The third-order valence-electron chi connectivity index (χ3n) is 4.48. The Hall–Kier alpha value is -2.38. The van der Waals surface area contributed by atoms with E-state index in [4.69, 9.17) is 9.47 Å². The summed E-state index contributed by atoms with van der Waals surface area (Å²) in [6.45, 7) is 4.76. The van der Waals surface area contributed by atoms with Gasteiger partial charge in [0.25, 0.3) is 0 Å². The van der Waals surface area contributed by atoms with Crippen LogP contribution in [0.5, 0.6) is 11.5 Å². The van der Waals surface area contributed by atoms with Crippen molar-refractivity contribution in [2.24, 2.45) is 0 Å². The highest BCUT2D eigenvalue weighted by atomic mass is 32.1. The fourth-order valence-electron chi connectivity index (χ4n) is 3.19. The molecule has 1 N–H and O–H groups in total. The Bertz CT molecular complexity index is 836. The van der Waals surface area contributed by atoms with Crippen molar-refractivity contribution < 1.29 is 14.3 Å². The lowest BCUT2D eigenvalue weighted by Gasteiger charge is -2.27. The van der Waals surface area contributed by atoms with Gasteiger partial charge in [-0.1, -0.05) is 17.7 Å². The minimum Gasteiger partial charge on any atom is -0.454 e. The van der Waals surface area contributed by atoms with Crippen LogP contribution in [0.25, 0.3) is 6.08 Å². The van der Waals surface area contributed by atoms with Crippen LogP contribution in [-0.4, -0.2) is 35.7 Å². The number of piperidine rings is 1. The van der Waals surface area contributed by atoms with Gasteiger partial charge in [0.05, 0.1) is 0 Å². The van der Waals surface area contributed by atoms with Gasteiger partial charge in [0.1, 0.15) is 0 Å². The zero-order valence-corrected chi connectivity index (χ0v) is 15.5. The van der Waals surface area contributed by atoms with E-state index in [1.54, 1.807) is 11.3 Å². The number of carbonyl (C=O) groups excluding carboxylic acids is 1. The molecule has 0 aliphatic carbocycles. The third kappa shape index (κ3) is 4.05. The monoisotopic (exact) mass is 371 g/mol. The molecule has 1 saturated heterocycles. The second kappa shape index (κ2) is 7.47. The number of rotatable bonds is 4. The van der Waals surface area contributed by atoms with Crippen LogP contribution in [0.4, 0.5) is 5.13 Å². The number of likely N-dealkylation sites (tertiary alicyclic amines) is 1. The Labute approximate surface area is 156 Å². The Kier molecular flexibility index (Phi) is 4.90. The third-order valence-corrected chi connectivity index (χ3v) is 5.38. The van der Waals surface area contributed by atoms with Gasteiger partial charge in [-0.05, 0) is 30.5 Å². The zero-order chi connectivity index (χ0) is 17.9. The van der Waals surface area contributed by atoms with E-state index >= 15 is 0 Å². The maximum absolute atomic E-state index is 11.1. The maximum atomic E-state index is 11.1. The molecule has 6 nitrogen and oxygen atoms in total. The Balaban J connectivity index is 1.32. The smallest absolute Gasteiger partial charge is 0.231 e. The fraction of sp³-hybridized carbons (Fsp3) is 0.368. The molecule has 1 amide bonds. The van der Waals surface area contributed by atoms with E-state index in [2.05, 4.69) is 27.3 Å². The van der Waals surface area contributed by atoms with E-state index in [0.29, 0.717) is 11.9 Å². The molecule has 0 bridgehead atoms. The minimum atomic E-state index is -0.0813. The zero-order valence-electron chi connectivity index (χ0n) is 14.7. The average molecular weight is 371 g/mol. The molecule has 0 atom stereocenters. The predicted molar refractivity (Wildman–Crippen MR) is 101 cm³/mol. The van der Waals surface area contributed by atoms with Crippen molar-refractivity contribution in [1.82, 2.24) is 9.88 Å². The molecule has 26 heavy (non-hydrogen) atoms. The van der Waals surface area contributed by atoms with E-state index in [9.17, 15) is 4.79 Å². The molecule has 4 rings (SSSR count). The first-order chi connectivity index (χ1) is 12.7. The molecule has 1 aromatic carbocycles. The molecule has 2 aromatic rings. The summed E-state index contributed by atoms with van der Waals surface area (Å²) in [4.78, 5) is 18.9. The summed E-state index contributed by atoms with van der Waals surface area (Å²) in [6.07, 6.45) is 6.24. The molecule has 3 heterocycles. The summed E-state index contributed by atoms with van der Waals surface area (Å²) in [6, 6.07) is 6.09. The Morgan fingerprint density at radius 2 is 2.12 bits per heavy atom. The minimum absolute atomic E-state index is 0.0813. The molecule has 136 valence electrons. The molecule has 0 saturated carbocycles. The molecule has 1 aromatic heterocycles. The summed E-state index contributed by atoms with van der Waals surface area (Å²) in [5, 5.41) is 3.41. The van der Waals surface area contributed by atoms with Gasteiger partial charge < -0.3 is 14.8 Å². The normalized spacial score (nSPS) is 16.6. The number of anilines is 1. The van der Waals surface area contributed by atoms with Gasteiger partial charge in [0.15, 0.2) is 16.6 Å². The van der Waals surface area contributed by atoms with Crippen molar-refractivity contribution in [2.75, 3.05) is 25.2 Å². The molecular weight excluding hydrogens is 350 g/mol. The quantitative estimate of drug-likeness (QED) is 0.891. The summed E-state index contributed by atoms with van der Waals surface area (Å²) in [5.41, 5.74) is 2.63. The molecule has 0 spiro atoms. The van der Waals surface area contributed by atoms with Gasteiger partial charge in [0, 0.05) is 37.6 Å². The van der Waals surface area contributed by atoms with Gasteiger partial charge >= 0.3 is 0 Å². The van der Waals surface area contributed by atoms with Crippen molar-refractivity contribution in [3.8, 4) is 11.5 Å². The topological polar surface area (TPSA) is 63.7 Å². The number of benzene rings is 1. The molecule has 1 fully saturated rings. The lowest BCUT2D eigenvalue weighted by molar-refractivity contribution is -0.114. The number of amides is 1. The van der Waals surface area contributed by atoms with Crippen LogP contribution in [0.2, 0.25) is 0 Å². The number of carbonyl (C=O) groups is 1. The maximum Gasteiger partial charge on any atom is 0.231 e. The second-order valence-electron chi connectivity index (χ2n) is 6.50. The molecule has 7 heteroatoms. The lowest BCUT2D eigenvalue weighted by atomic mass is 10.0. The highest BCUT2D eigenvalue weighted by molar-refractivity contribution is 7.15. The van der Waals surface area contributed by atoms with Gasteiger partial charge in [-0.2, -0.15) is 0 Å². The van der Waals surface area contributed by atoms with Crippen LogP contribution in [-0.2, 0) is 11.3 Å². The number of hydrogen-bond donors (Lipinski definition) is 1. The molecule has 2 aliphatic heterocycles. The Morgan fingerprint density at radius 1 is 1.31 bits per heavy atom. The van der Waals surface area contributed by atoms with Gasteiger partial charge in [-0.15, -0.1) is 11.3 Å². The molecule has 0 radical (unpaired) electrons. The average Bonchev–Trinajstić information content (AvgIpc) is 3.25. The first kappa shape index (κ1) is 17.1. The summed E-state index contributed by atoms with van der Waals surface area (Å²) < 4.78 is 10.8. The van der Waals surface area contributed by atoms with Crippen LogP contribution in [0.1, 0.15) is 30.2 Å². The standard InChI is InChI=1S/C19H21N3O3S/c1-13(23)21-19-20-10-16(26-19)11-22-6-4-14(5-7-22)8-15-2-3-17-18(9-15)25-12-24-17/h2-3,8-10H,4-7,11-12H2,1H3,(H,20,21,23). The van der Waals surface area contributed by atoms with E-state index < -0.39 is 0 Å². The number of fused-ring (bicyclic) bond motifs is 1. The van der Waals surface area contributed by atoms with Crippen LogP contribution >= 0.6 is 11.3 Å². The van der Waals surface area contributed by atoms with Crippen LogP contribution in [0.15, 0.2) is 30.0 Å². The van der Waals surface area contributed by atoms with Crippen molar-refractivity contribution in [3.05, 3.63) is 40.4 Å². The predicted octanol–water partition coefficient (Wildman–Crippen LogP) is 3.51. The molecule has 2 aliphatic rings. The number of thiazole rings is 1. The second-order valence-corrected chi connectivity index (χ2v) is 7.62. The number of hydrogen-bond acceptors (Lipinski definition) is 6. The van der Waals surface area contributed by atoms with E-state index in [1.165, 1.54) is 22.9 Å². The highest BCUT2D eigenvalue weighted by Gasteiger charge is 2.17. The summed E-state index contributed by atoms with van der Waals surface area (Å²) in [7, 11) is 0. The van der Waals surface area contributed by atoms with Crippen molar-refractivity contribution in [3.63, 3.8) is 0 Å². The largest absolute Gasteiger partial charge is 0.454 e. The van der Waals surface area contributed by atoms with Gasteiger partial charge in [-0.3, -0.25) is 9.69 Å². The van der Waals surface area contributed by atoms with Crippen LogP contribution < -0.4 is 14.8 Å². The van der Waals surface area contributed by atoms with Crippen molar-refractivity contribution in [2.45, 2.75) is 26.3 Å². The highest BCUT2D eigenvalue weighted by Crippen LogP contribution is 2.33. The van der Waals surface area contributed by atoms with E-state index in [1.807, 2.05) is 18.3 Å². The fourth-order valence-corrected chi connectivity index (χ4v) is 4.09. The van der Waals surface area contributed by atoms with Gasteiger partial charge in [-0.25, -0.2) is 4.98 Å². The van der Waals surface area contributed by atoms with Crippen molar-refractivity contribution >= 4 is 28.5 Å². The first-order valence-electron chi connectivity index (χ1n) is 8.69. The summed E-state index contributed by atoms with van der Waals surface area (Å²) >= 11 is 1.54. The number of ether oxygens (including phenoxy) is 2. The first-order valence-corrected chi connectivity index (χ1v) is 9.51. The van der Waals surface area contributed by atoms with Crippen molar-refractivity contribution in [1.29, 1.82) is 0 Å². The lowest BCUT2D eigenvalue weighted by Crippen LogP contribution is -2.29. The van der Waals surface area contributed by atoms with Gasteiger partial charge in [0.2, 0.25) is 12.7 Å². The number of aromatic nitrogens is 1. The number of nitrogens with one attached hydrogen (secondary N) is 1. The summed E-state index contributed by atoms with van der Waals surface area (Å²) in [5.74, 6) is 1.57. The van der Waals surface area contributed by atoms with Crippen LogP contribution in [0, 0.1) is 0 Å². The van der Waals surface area contributed by atoms with Crippen LogP contribution in [0.3, 0.4) is 0 Å². The SMILES string of the molecule is CC(=O)Nc1ncc(CN2CCC(=Cc3ccc4c(c3)OCO4)CC2)s1.